The number of benzene rings is 2. The first-order chi connectivity index (χ1) is 14.5. The molecule has 3 N–H and O–H groups in total. The molecule has 0 aliphatic carbocycles. The Morgan fingerprint density at radius 3 is 2.40 bits per heavy atom. The van der Waals surface area contributed by atoms with Gasteiger partial charge >= 0.3 is 6.61 Å². The van der Waals surface area contributed by atoms with E-state index in [0.29, 0.717) is 36.0 Å². The highest BCUT2D eigenvalue weighted by Gasteiger charge is 2.16. The van der Waals surface area contributed by atoms with E-state index in [9.17, 15) is 13.9 Å². The van der Waals surface area contributed by atoms with Crippen molar-refractivity contribution >= 4 is 5.96 Å². The van der Waals surface area contributed by atoms with E-state index in [4.69, 9.17) is 9.47 Å². The van der Waals surface area contributed by atoms with Crippen LogP contribution in [0.25, 0.3) is 0 Å². The van der Waals surface area contributed by atoms with Gasteiger partial charge in [-0.05, 0) is 26.0 Å². The van der Waals surface area contributed by atoms with E-state index in [2.05, 4.69) is 20.4 Å². The van der Waals surface area contributed by atoms with Gasteiger partial charge in [-0.2, -0.15) is 8.78 Å². The summed E-state index contributed by atoms with van der Waals surface area (Å²) < 4.78 is 40.9. The molecule has 0 aliphatic rings. The number of para-hydroxylation sites is 2. The first kappa shape index (κ1) is 23.1. The van der Waals surface area contributed by atoms with Crippen LogP contribution in [0, 0.1) is 0 Å². The van der Waals surface area contributed by atoms with E-state index in [1.807, 2.05) is 6.92 Å². The number of rotatable bonds is 10. The zero-order valence-electron chi connectivity index (χ0n) is 17.2. The van der Waals surface area contributed by atoms with Gasteiger partial charge in [-0.15, -0.1) is 0 Å². The van der Waals surface area contributed by atoms with Crippen molar-refractivity contribution in [1.82, 2.24) is 10.6 Å². The quantitative estimate of drug-likeness (QED) is 0.400. The van der Waals surface area contributed by atoms with Gasteiger partial charge in [0.1, 0.15) is 0 Å². The van der Waals surface area contributed by atoms with Crippen LogP contribution in [0.15, 0.2) is 41.4 Å². The lowest BCUT2D eigenvalue weighted by Gasteiger charge is -2.16. The lowest BCUT2D eigenvalue weighted by molar-refractivity contribution is -0.0520. The van der Waals surface area contributed by atoms with Crippen LogP contribution in [0.3, 0.4) is 0 Å². The molecule has 0 fully saturated rings. The number of nitrogens with one attached hydrogen (secondary N) is 2. The Morgan fingerprint density at radius 2 is 1.77 bits per heavy atom. The zero-order valence-corrected chi connectivity index (χ0v) is 17.2. The van der Waals surface area contributed by atoms with Gasteiger partial charge in [-0.25, -0.2) is 4.99 Å². The number of aliphatic imine (C=N–C) groups is 1. The van der Waals surface area contributed by atoms with Gasteiger partial charge in [0.2, 0.25) is 0 Å². The van der Waals surface area contributed by atoms with E-state index >= 15 is 0 Å². The summed E-state index contributed by atoms with van der Waals surface area (Å²) in [7, 11) is 1.48. The van der Waals surface area contributed by atoms with Gasteiger partial charge in [-0.3, -0.25) is 0 Å². The van der Waals surface area contributed by atoms with Gasteiger partial charge in [0.15, 0.2) is 29.0 Å². The first-order valence-electron chi connectivity index (χ1n) is 9.56. The average Bonchev–Trinajstić information content (AvgIpc) is 2.72. The number of alkyl halides is 2. The molecule has 0 aliphatic heterocycles. The van der Waals surface area contributed by atoms with Crippen LogP contribution in [0.4, 0.5) is 8.78 Å². The van der Waals surface area contributed by atoms with E-state index in [-0.39, 0.29) is 30.3 Å². The molecular weight excluding hydrogens is 396 g/mol. The molecule has 0 spiro atoms. The molecule has 2 aromatic carbocycles. The van der Waals surface area contributed by atoms with E-state index in [0.717, 1.165) is 0 Å². The lowest BCUT2D eigenvalue weighted by atomic mass is 10.2. The van der Waals surface area contributed by atoms with Crippen molar-refractivity contribution in [1.29, 1.82) is 0 Å². The molecule has 0 aromatic heterocycles. The highest BCUT2D eigenvalue weighted by molar-refractivity contribution is 5.79. The maximum atomic E-state index is 12.9. The van der Waals surface area contributed by atoms with Crippen LogP contribution >= 0.6 is 0 Å². The second kappa shape index (κ2) is 11.7. The number of ether oxygens (including phenoxy) is 3. The fraction of sp³-hybridized carbons (Fsp3) is 0.381. The second-order valence-electron chi connectivity index (χ2n) is 6.07. The lowest BCUT2D eigenvalue weighted by Crippen LogP contribution is -2.36. The molecule has 0 heterocycles. The topological polar surface area (TPSA) is 84.3 Å². The van der Waals surface area contributed by atoms with Crippen LogP contribution in [0.1, 0.15) is 25.0 Å². The van der Waals surface area contributed by atoms with Gasteiger partial charge in [0, 0.05) is 24.2 Å². The second-order valence-corrected chi connectivity index (χ2v) is 6.07. The first-order valence-corrected chi connectivity index (χ1v) is 9.56. The van der Waals surface area contributed by atoms with Crippen LogP contribution in [0.2, 0.25) is 0 Å². The van der Waals surface area contributed by atoms with Gasteiger partial charge in [-0.1, -0.05) is 24.3 Å². The molecule has 9 heteroatoms. The number of aromatic hydroxyl groups is 1. The third-order valence-electron chi connectivity index (χ3n) is 4.07. The molecule has 2 rings (SSSR count). The Morgan fingerprint density at radius 1 is 1.07 bits per heavy atom. The summed E-state index contributed by atoms with van der Waals surface area (Å²) in [5, 5.41) is 16.4. The summed E-state index contributed by atoms with van der Waals surface area (Å²) in [5.41, 5.74) is 1.09. The standard InChI is InChI=1S/C21H27F2N3O4/c1-4-24-21(25-12-14-8-6-10-16(28-3)18(14)27)26-13-15-9-7-11-17(29-5-2)19(15)30-20(22)23/h6-11,20,27H,4-5,12-13H2,1-3H3,(H2,24,25,26). The SMILES string of the molecule is CCNC(=NCc1cccc(OCC)c1OC(F)F)NCc1cccc(OC)c1O. The molecule has 0 saturated carbocycles. The number of phenolic OH excluding ortho intramolecular Hbond substituents is 1. The fourth-order valence-electron chi connectivity index (χ4n) is 2.74. The molecule has 0 amide bonds. The monoisotopic (exact) mass is 423 g/mol. The maximum Gasteiger partial charge on any atom is 0.387 e. The fourth-order valence-corrected chi connectivity index (χ4v) is 2.74. The summed E-state index contributed by atoms with van der Waals surface area (Å²) in [6.45, 7) is 1.98. The third kappa shape index (κ3) is 6.40. The predicted octanol–water partition coefficient (Wildman–Crippen LogP) is 3.66. The minimum absolute atomic E-state index is 0.0283. The minimum Gasteiger partial charge on any atom is -0.504 e. The zero-order chi connectivity index (χ0) is 21.9. The molecule has 164 valence electrons. The van der Waals surface area contributed by atoms with Crippen LogP contribution in [0.5, 0.6) is 23.0 Å². The largest absolute Gasteiger partial charge is 0.504 e. The number of methoxy groups -OCH3 is 1. The summed E-state index contributed by atoms with van der Waals surface area (Å²) in [6.07, 6.45) is 0. The van der Waals surface area contributed by atoms with E-state index in [1.54, 1.807) is 43.3 Å². The number of halogens is 2. The smallest absolute Gasteiger partial charge is 0.387 e. The Hall–Kier alpha value is -3.23. The molecule has 2 aromatic rings. The predicted molar refractivity (Wildman–Crippen MR) is 111 cm³/mol. The van der Waals surface area contributed by atoms with Crippen molar-refractivity contribution in [3.05, 3.63) is 47.5 Å². The number of hydrogen-bond acceptors (Lipinski definition) is 5. The van der Waals surface area contributed by atoms with Gasteiger partial charge < -0.3 is 30.0 Å². The summed E-state index contributed by atoms with van der Waals surface area (Å²) in [4.78, 5) is 4.44. The number of nitrogens with zero attached hydrogens (tertiary/aromatic N) is 1. The molecule has 0 unspecified atom stereocenters. The minimum atomic E-state index is -2.98. The third-order valence-corrected chi connectivity index (χ3v) is 4.07. The summed E-state index contributed by atoms with van der Waals surface area (Å²) >= 11 is 0. The maximum absolute atomic E-state index is 12.9. The van der Waals surface area contributed by atoms with Crippen LogP contribution in [-0.4, -0.2) is 37.9 Å². The van der Waals surface area contributed by atoms with Crippen molar-refractivity contribution in [2.45, 2.75) is 33.5 Å². The van der Waals surface area contributed by atoms with Gasteiger partial charge in [0.05, 0.1) is 20.3 Å². The molecule has 30 heavy (non-hydrogen) atoms. The molecule has 7 nitrogen and oxygen atoms in total. The Balaban J connectivity index is 2.19. The van der Waals surface area contributed by atoms with Crippen LogP contribution < -0.4 is 24.8 Å². The van der Waals surface area contributed by atoms with Crippen molar-refractivity contribution < 1.29 is 28.1 Å². The molecule has 0 radical (unpaired) electrons. The summed E-state index contributed by atoms with van der Waals surface area (Å²) in [6, 6.07) is 10.1. The molecule has 0 saturated heterocycles. The van der Waals surface area contributed by atoms with E-state index in [1.165, 1.54) is 7.11 Å². The normalized spacial score (nSPS) is 11.3. The number of phenols is 1. The number of hydrogen-bond donors (Lipinski definition) is 3. The van der Waals surface area contributed by atoms with Crippen molar-refractivity contribution in [2.75, 3.05) is 20.3 Å². The van der Waals surface area contributed by atoms with Crippen molar-refractivity contribution in [3.8, 4) is 23.0 Å². The van der Waals surface area contributed by atoms with Crippen molar-refractivity contribution in [3.63, 3.8) is 0 Å². The van der Waals surface area contributed by atoms with Gasteiger partial charge in [0.25, 0.3) is 0 Å². The Kier molecular flexibility index (Phi) is 8.99. The molecular formula is C21H27F2N3O4. The number of guanidine groups is 1. The Bertz CT molecular complexity index is 847. The highest BCUT2D eigenvalue weighted by Crippen LogP contribution is 2.33. The average molecular weight is 423 g/mol. The Labute approximate surface area is 174 Å². The van der Waals surface area contributed by atoms with Crippen molar-refractivity contribution in [2.24, 2.45) is 4.99 Å². The highest BCUT2D eigenvalue weighted by atomic mass is 19.3. The van der Waals surface area contributed by atoms with E-state index < -0.39 is 6.61 Å². The molecule has 0 atom stereocenters. The molecule has 0 bridgehead atoms. The van der Waals surface area contributed by atoms with Crippen LogP contribution in [-0.2, 0) is 13.1 Å². The summed E-state index contributed by atoms with van der Waals surface area (Å²) in [5.74, 6) is 1.08.